The lowest BCUT2D eigenvalue weighted by molar-refractivity contribution is -0.143. The zero-order valence-electron chi connectivity index (χ0n) is 37.6. The summed E-state index contributed by atoms with van der Waals surface area (Å²) in [7, 11) is 0. The van der Waals surface area contributed by atoms with Crippen LogP contribution < -0.4 is 5.32 Å². The molecule has 0 aliphatic heterocycles. The van der Waals surface area contributed by atoms with E-state index in [4.69, 9.17) is 4.74 Å². The number of aliphatic hydroxyl groups excluding tert-OH is 2. The van der Waals surface area contributed by atoms with Crippen molar-refractivity contribution in [2.75, 3.05) is 13.2 Å². The van der Waals surface area contributed by atoms with Crippen LogP contribution in [0.4, 0.5) is 0 Å². The van der Waals surface area contributed by atoms with Crippen molar-refractivity contribution in [1.29, 1.82) is 0 Å². The Morgan fingerprint density at radius 3 is 1.40 bits per heavy atom. The first-order valence-corrected chi connectivity index (χ1v) is 24.4. The Bertz CT molecular complexity index is 973. The van der Waals surface area contributed by atoms with Crippen molar-refractivity contribution in [3.63, 3.8) is 0 Å². The number of esters is 1. The topological polar surface area (TPSA) is 95.9 Å². The van der Waals surface area contributed by atoms with Gasteiger partial charge < -0.3 is 20.3 Å². The third-order valence-electron chi connectivity index (χ3n) is 10.8. The van der Waals surface area contributed by atoms with Crippen molar-refractivity contribution >= 4 is 11.9 Å². The fourth-order valence-corrected chi connectivity index (χ4v) is 7.01. The molecule has 2 atom stereocenters. The summed E-state index contributed by atoms with van der Waals surface area (Å²) in [6.07, 6.45) is 56.8. The van der Waals surface area contributed by atoms with Gasteiger partial charge >= 0.3 is 5.97 Å². The molecule has 0 bridgehead atoms. The zero-order chi connectivity index (χ0) is 41.5. The number of carbonyl (C=O) groups excluding carboxylic acids is 2. The molecule has 0 heterocycles. The number of nitrogens with one attached hydrogen (secondary N) is 1. The summed E-state index contributed by atoms with van der Waals surface area (Å²) in [5.41, 5.74) is 0. The molecular formula is C51H93NO5. The van der Waals surface area contributed by atoms with Gasteiger partial charge in [0.15, 0.2) is 0 Å². The maximum absolute atomic E-state index is 12.4. The molecule has 0 saturated carbocycles. The molecule has 0 aromatic heterocycles. The van der Waals surface area contributed by atoms with E-state index in [1.54, 1.807) is 6.08 Å². The van der Waals surface area contributed by atoms with Gasteiger partial charge in [-0.1, -0.05) is 191 Å². The highest BCUT2D eigenvalue weighted by molar-refractivity contribution is 5.76. The second kappa shape index (κ2) is 46.5. The van der Waals surface area contributed by atoms with Crippen LogP contribution in [0.3, 0.4) is 0 Å². The second-order valence-corrected chi connectivity index (χ2v) is 16.5. The van der Waals surface area contributed by atoms with Crippen LogP contribution in [0.5, 0.6) is 0 Å². The Hall–Kier alpha value is -2.18. The molecular weight excluding hydrogens is 707 g/mol. The van der Waals surface area contributed by atoms with Crippen molar-refractivity contribution in [3.05, 3.63) is 48.6 Å². The smallest absolute Gasteiger partial charge is 0.305 e. The van der Waals surface area contributed by atoms with Crippen LogP contribution in [0.1, 0.15) is 239 Å². The van der Waals surface area contributed by atoms with Crippen molar-refractivity contribution in [3.8, 4) is 0 Å². The molecule has 1 amide bonds. The molecule has 3 N–H and O–H groups in total. The molecule has 0 spiro atoms. The van der Waals surface area contributed by atoms with E-state index in [1.165, 1.54) is 135 Å². The molecule has 332 valence electrons. The Morgan fingerprint density at radius 2 is 0.895 bits per heavy atom. The summed E-state index contributed by atoms with van der Waals surface area (Å²) in [4.78, 5) is 24.3. The van der Waals surface area contributed by atoms with Crippen LogP contribution in [0.25, 0.3) is 0 Å². The van der Waals surface area contributed by atoms with Gasteiger partial charge in [-0.05, 0) is 83.5 Å². The van der Waals surface area contributed by atoms with Crippen molar-refractivity contribution in [2.45, 2.75) is 251 Å². The van der Waals surface area contributed by atoms with Crippen LogP contribution >= 0.6 is 0 Å². The van der Waals surface area contributed by atoms with E-state index in [1.807, 2.05) is 6.08 Å². The number of rotatable bonds is 44. The molecule has 2 unspecified atom stereocenters. The summed E-state index contributed by atoms with van der Waals surface area (Å²) in [5, 5.41) is 22.9. The third kappa shape index (κ3) is 43.2. The van der Waals surface area contributed by atoms with Gasteiger partial charge in [0, 0.05) is 12.8 Å². The first kappa shape index (κ1) is 54.8. The molecule has 6 heteroatoms. The predicted molar refractivity (Wildman–Crippen MR) is 245 cm³/mol. The van der Waals surface area contributed by atoms with Crippen LogP contribution in [0.15, 0.2) is 48.6 Å². The van der Waals surface area contributed by atoms with Gasteiger partial charge in [0.2, 0.25) is 5.91 Å². The van der Waals surface area contributed by atoms with Gasteiger partial charge in [-0.2, -0.15) is 0 Å². The Balaban J connectivity index is 3.52. The molecule has 0 rings (SSSR count). The molecule has 57 heavy (non-hydrogen) atoms. The van der Waals surface area contributed by atoms with E-state index < -0.39 is 12.1 Å². The molecule has 0 aromatic carbocycles. The third-order valence-corrected chi connectivity index (χ3v) is 10.8. The number of allylic oxidation sites excluding steroid dienone is 7. The van der Waals surface area contributed by atoms with Crippen LogP contribution in [-0.2, 0) is 14.3 Å². The SMILES string of the molecule is CCCC/C=C\CCCCCCCC(=O)OCCCCC/C=C\C=C/CCCCCCCCCCCCC(=O)NC(CO)C(O)/C=C/CCCCCCCCCC. The summed E-state index contributed by atoms with van der Waals surface area (Å²) < 4.78 is 5.41. The number of hydrogen-bond donors (Lipinski definition) is 3. The molecule has 0 aliphatic carbocycles. The van der Waals surface area contributed by atoms with E-state index in [-0.39, 0.29) is 18.5 Å². The highest BCUT2D eigenvalue weighted by atomic mass is 16.5. The summed E-state index contributed by atoms with van der Waals surface area (Å²) in [5.74, 6) is -0.108. The van der Waals surface area contributed by atoms with E-state index in [9.17, 15) is 19.8 Å². The summed E-state index contributed by atoms with van der Waals surface area (Å²) >= 11 is 0. The number of hydrogen-bond acceptors (Lipinski definition) is 5. The van der Waals surface area contributed by atoms with Crippen molar-refractivity contribution in [2.24, 2.45) is 0 Å². The number of ether oxygens (including phenoxy) is 1. The summed E-state index contributed by atoms with van der Waals surface area (Å²) in [6.45, 7) is 4.78. The van der Waals surface area contributed by atoms with Gasteiger partial charge in [0.1, 0.15) is 0 Å². The monoisotopic (exact) mass is 800 g/mol. The van der Waals surface area contributed by atoms with Gasteiger partial charge in [-0.15, -0.1) is 0 Å². The van der Waals surface area contributed by atoms with Crippen molar-refractivity contribution in [1.82, 2.24) is 5.32 Å². The molecule has 0 fully saturated rings. The lowest BCUT2D eigenvalue weighted by atomic mass is 10.0. The average molecular weight is 800 g/mol. The molecule has 6 nitrogen and oxygen atoms in total. The fraction of sp³-hybridized carbons (Fsp3) is 0.804. The molecule has 0 aliphatic rings. The van der Waals surface area contributed by atoms with Crippen LogP contribution in [0, 0.1) is 0 Å². The fourth-order valence-electron chi connectivity index (χ4n) is 7.01. The number of amides is 1. The quantitative estimate of drug-likeness (QED) is 0.0247. The number of aliphatic hydroxyl groups is 2. The van der Waals surface area contributed by atoms with E-state index in [0.717, 1.165) is 77.0 Å². The Morgan fingerprint density at radius 1 is 0.491 bits per heavy atom. The summed E-state index contributed by atoms with van der Waals surface area (Å²) in [6, 6.07) is -0.634. The molecule has 0 radical (unpaired) electrons. The first-order chi connectivity index (χ1) is 28.0. The second-order valence-electron chi connectivity index (χ2n) is 16.5. The van der Waals surface area contributed by atoms with Crippen LogP contribution in [0.2, 0.25) is 0 Å². The Kier molecular flexibility index (Phi) is 44.7. The minimum Gasteiger partial charge on any atom is -0.466 e. The largest absolute Gasteiger partial charge is 0.466 e. The predicted octanol–water partition coefficient (Wildman–Crippen LogP) is 14.3. The lowest BCUT2D eigenvalue weighted by Gasteiger charge is -2.20. The van der Waals surface area contributed by atoms with Gasteiger partial charge in [-0.3, -0.25) is 9.59 Å². The van der Waals surface area contributed by atoms with Gasteiger partial charge in [-0.25, -0.2) is 0 Å². The molecule has 0 saturated heterocycles. The van der Waals surface area contributed by atoms with Gasteiger partial charge in [0.05, 0.1) is 25.4 Å². The van der Waals surface area contributed by atoms with Crippen molar-refractivity contribution < 1.29 is 24.5 Å². The normalized spacial score (nSPS) is 13.1. The minimum absolute atomic E-state index is 0.0266. The van der Waals surface area contributed by atoms with E-state index in [0.29, 0.717) is 19.4 Å². The maximum Gasteiger partial charge on any atom is 0.305 e. The standard InChI is InChI=1S/C51H93NO5/c1-3-5-7-9-11-13-24-29-33-37-41-45-51(56)57-46-42-38-34-30-26-23-21-19-17-15-16-18-20-22-25-28-32-36-40-44-50(55)52-48(47-53)49(54)43-39-35-31-27-14-12-10-8-6-4-2/h9,11,19,21,23,26,39,43,48-49,53-54H,3-8,10,12-18,20,22,24-25,27-38,40-42,44-47H2,1-2H3,(H,52,55)/b11-9-,21-19-,26-23-,43-39+. The first-order valence-electron chi connectivity index (χ1n) is 24.4. The lowest BCUT2D eigenvalue weighted by Crippen LogP contribution is -2.45. The number of carbonyl (C=O) groups is 2. The Labute approximate surface area is 353 Å². The highest BCUT2D eigenvalue weighted by Gasteiger charge is 2.18. The number of unbranched alkanes of at least 4 members (excludes halogenated alkanes) is 28. The zero-order valence-corrected chi connectivity index (χ0v) is 37.6. The highest BCUT2D eigenvalue weighted by Crippen LogP contribution is 2.14. The molecule has 0 aromatic rings. The van der Waals surface area contributed by atoms with Crippen LogP contribution in [-0.4, -0.2) is 47.4 Å². The maximum atomic E-state index is 12.4. The van der Waals surface area contributed by atoms with Gasteiger partial charge in [0.25, 0.3) is 0 Å². The van der Waals surface area contributed by atoms with E-state index in [2.05, 4.69) is 55.6 Å². The minimum atomic E-state index is -0.850. The average Bonchev–Trinajstić information content (AvgIpc) is 3.21. The van der Waals surface area contributed by atoms with E-state index >= 15 is 0 Å².